The van der Waals surface area contributed by atoms with E-state index in [1.54, 1.807) is 7.11 Å². The molecule has 1 aromatic heterocycles. The van der Waals surface area contributed by atoms with Gasteiger partial charge in [-0.3, -0.25) is 14.4 Å². The van der Waals surface area contributed by atoms with Crippen LogP contribution in [0.3, 0.4) is 0 Å². The molecule has 0 spiro atoms. The van der Waals surface area contributed by atoms with Crippen molar-refractivity contribution in [2.24, 2.45) is 5.92 Å². The number of hydrogen-bond acceptors (Lipinski definition) is 4. The number of carbonyl (C=O) groups is 1. The summed E-state index contributed by atoms with van der Waals surface area (Å²) in [6.45, 7) is 12.0. The van der Waals surface area contributed by atoms with Crippen molar-refractivity contribution in [1.82, 2.24) is 14.7 Å². The van der Waals surface area contributed by atoms with Crippen LogP contribution in [-0.4, -0.2) is 40.7 Å². The third kappa shape index (κ3) is 4.30. The molecule has 1 atom stereocenters. The molecule has 5 nitrogen and oxygen atoms in total. The van der Waals surface area contributed by atoms with Crippen LogP contribution in [0.4, 0.5) is 0 Å². The molecule has 3 rings (SSSR count). The van der Waals surface area contributed by atoms with Gasteiger partial charge in [0.1, 0.15) is 5.75 Å². The lowest BCUT2D eigenvalue weighted by molar-refractivity contribution is 0.0811. The number of methoxy groups -OCH3 is 1. The maximum Gasteiger partial charge on any atom is 0.167 e. The number of carbonyl (C=O) groups excluding carboxylic acids is 1. The first kappa shape index (κ1) is 20.6. The zero-order valence-corrected chi connectivity index (χ0v) is 17.9. The zero-order valence-electron chi connectivity index (χ0n) is 17.9. The van der Waals surface area contributed by atoms with E-state index in [2.05, 4.69) is 28.5 Å². The molecule has 1 aliphatic heterocycles. The van der Waals surface area contributed by atoms with Crippen LogP contribution in [-0.2, 0) is 13.1 Å². The van der Waals surface area contributed by atoms with Crippen LogP contribution in [0.5, 0.6) is 5.75 Å². The van der Waals surface area contributed by atoms with Crippen LogP contribution in [0, 0.1) is 26.7 Å². The quantitative estimate of drug-likeness (QED) is 0.668. The summed E-state index contributed by atoms with van der Waals surface area (Å²) >= 11 is 0. The first-order chi connectivity index (χ1) is 13.4. The minimum absolute atomic E-state index is 0.0620. The minimum Gasteiger partial charge on any atom is -0.496 e. The summed E-state index contributed by atoms with van der Waals surface area (Å²) in [7, 11) is 1.68. The van der Waals surface area contributed by atoms with Gasteiger partial charge in [0.15, 0.2) is 5.78 Å². The smallest absolute Gasteiger partial charge is 0.167 e. The standard InChI is InChI=1S/C23H33N3O2/c1-6-9-26-18(4)21(13-24-26)15-25-10-7-8-19(14-25)22(27)20-11-16(2)23(28-5)17(3)12-20/h11-13,19H,6-10,14-15H2,1-5H3. The first-order valence-electron chi connectivity index (χ1n) is 10.4. The van der Waals surface area contributed by atoms with Crippen molar-refractivity contribution in [2.45, 2.75) is 60.0 Å². The number of likely N-dealkylation sites (tertiary alicyclic amines) is 1. The maximum absolute atomic E-state index is 13.2. The average Bonchev–Trinajstić information content (AvgIpc) is 3.01. The highest BCUT2D eigenvalue weighted by Gasteiger charge is 2.27. The van der Waals surface area contributed by atoms with E-state index < -0.39 is 0 Å². The van der Waals surface area contributed by atoms with E-state index in [0.29, 0.717) is 0 Å². The molecule has 1 aliphatic rings. The molecule has 1 unspecified atom stereocenters. The van der Waals surface area contributed by atoms with Gasteiger partial charge in [0, 0.05) is 42.4 Å². The number of benzene rings is 1. The van der Waals surface area contributed by atoms with Crippen LogP contribution in [0.15, 0.2) is 18.3 Å². The second-order valence-electron chi connectivity index (χ2n) is 8.06. The number of aromatic nitrogens is 2. The molecule has 28 heavy (non-hydrogen) atoms. The molecule has 0 radical (unpaired) electrons. The SMILES string of the molecule is CCCn1ncc(CN2CCCC(C(=O)c3cc(C)c(OC)c(C)c3)C2)c1C. The van der Waals surface area contributed by atoms with Crippen molar-refractivity contribution in [3.8, 4) is 5.75 Å². The van der Waals surface area contributed by atoms with Gasteiger partial charge in [0.25, 0.3) is 0 Å². The number of hydrogen-bond donors (Lipinski definition) is 0. The highest BCUT2D eigenvalue weighted by atomic mass is 16.5. The maximum atomic E-state index is 13.2. The number of aryl methyl sites for hydroxylation is 3. The van der Waals surface area contributed by atoms with Gasteiger partial charge < -0.3 is 4.74 Å². The molecule has 1 saturated heterocycles. The van der Waals surface area contributed by atoms with E-state index in [9.17, 15) is 4.79 Å². The van der Waals surface area contributed by atoms with Crippen molar-refractivity contribution in [2.75, 3.05) is 20.2 Å². The Kier molecular flexibility index (Phi) is 6.55. The predicted molar refractivity (Wildman–Crippen MR) is 112 cm³/mol. The largest absolute Gasteiger partial charge is 0.496 e. The number of rotatable bonds is 7. The lowest BCUT2D eigenvalue weighted by Gasteiger charge is -2.32. The molecule has 1 fully saturated rings. The van der Waals surface area contributed by atoms with Gasteiger partial charge in [-0.05, 0) is 69.8 Å². The van der Waals surface area contributed by atoms with Crippen molar-refractivity contribution in [3.05, 3.63) is 46.3 Å². The molecule has 0 saturated carbocycles. The summed E-state index contributed by atoms with van der Waals surface area (Å²) < 4.78 is 7.53. The Hall–Kier alpha value is -2.14. The molecule has 0 amide bonds. The van der Waals surface area contributed by atoms with Crippen molar-refractivity contribution >= 4 is 5.78 Å². The van der Waals surface area contributed by atoms with Gasteiger partial charge in [-0.1, -0.05) is 6.92 Å². The molecule has 0 bridgehead atoms. The Morgan fingerprint density at radius 3 is 2.61 bits per heavy atom. The molecule has 1 aromatic carbocycles. The highest BCUT2D eigenvalue weighted by Crippen LogP contribution is 2.28. The summed E-state index contributed by atoms with van der Waals surface area (Å²) in [6, 6.07) is 3.96. The molecule has 2 aromatic rings. The summed E-state index contributed by atoms with van der Waals surface area (Å²) in [5.74, 6) is 1.20. The average molecular weight is 384 g/mol. The molecule has 0 aliphatic carbocycles. The summed E-state index contributed by atoms with van der Waals surface area (Å²) in [5.41, 5.74) is 5.39. The fourth-order valence-corrected chi connectivity index (χ4v) is 4.38. The predicted octanol–water partition coefficient (Wildman–Crippen LogP) is 4.32. The summed E-state index contributed by atoms with van der Waals surface area (Å²) in [4.78, 5) is 15.6. The fraction of sp³-hybridized carbons (Fsp3) is 0.565. The van der Waals surface area contributed by atoms with Crippen LogP contribution in [0.2, 0.25) is 0 Å². The monoisotopic (exact) mass is 383 g/mol. The van der Waals surface area contributed by atoms with Gasteiger partial charge in [0.2, 0.25) is 0 Å². The Morgan fingerprint density at radius 1 is 1.25 bits per heavy atom. The van der Waals surface area contributed by atoms with Gasteiger partial charge in [-0.25, -0.2) is 0 Å². The van der Waals surface area contributed by atoms with Crippen LogP contribution >= 0.6 is 0 Å². The second kappa shape index (κ2) is 8.91. The van der Waals surface area contributed by atoms with Gasteiger partial charge >= 0.3 is 0 Å². The highest BCUT2D eigenvalue weighted by molar-refractivity contribution is 5.98. The molecule has 5 heteroatoms. The number of Topliss-reactive ketones (excluding diaryl/α,β-unsaturated/α-hetero) is 1. The number of ketones is 1. The van der Waals surface area contributed by atoms with Crippen molar-refractivity contribution < 1.29 is 9.53 Å². The Balaban J connectivity index is 1.70. The summed E-state index contributed by atoms with van der Waals surface area (Å²) in [6.07, 6.45) is 5.11. The number of ether oxygens (including phenoxy) is 1. The van der Waals surface area contributed by atoms with Crippen LogP contribution in [0.1, 0.15) is 58.9 Å². The molecule has 2 heterocycles. The Labute approximate surface area is 168 Å². The third-order valence-electron chi connectivity index (χ3n) is 5.86. The van der Waals surface area contributed by atoms with Gasteiger partial charge in [-0.15, -0.1) is 0 Å². The lowest BCUT2D eigenvalue weighted by Crippen LogP contribution is -2.38. The van der Waals surface area contributed by atoms with Crippen molar-refractivity contribution in [1.29, 1.82) is 0 Å². The van der Waals surface area contributed by atoms with E-state index in [0.717, 1.165) is 67.9 Å². The lowest BCUT2D eigenvalue weighted by atomic mass is 9.88. The van der Waals surface area contributed by atoms with Crippen LogP contribution < -0.4 is 4.74 Å². The van der Waals surface area contributed by atoms with Crippen molar-refractivity contribution in [3.63, 3.8) is 0 Å². The fourth-order valence-electron chi connectivity index (χ4n) is 4.38. The Morgan fingerprint density at radius 2 is 1.96 bits per heavy atom. The minimum atomic E-state index is 0.0620. The van der Waals surface area contributed by atoms with E-state index in [1.807, 2.05) is 32.2 Å². The normalized spacial score (nSPS) is 17.7. The van der Waals surface area contributed by atoms with E-state index in [-0.39, 0.29) is 11.7 Å². The van der Waals surface area contributed by atoms with E-state index in [1.165, 1.54) is 11.3 Å². The van der Waals surface area contributed by atoms with Gasteiger partial charge in [0.05, 0.1) is 13.3 Å². The first-order valence-corrected chi connectivity index (χ1v) is 10.4. The van der Waals surface area contributed by atoms with E-state index >= 15 is 0 Å². The van der Waals surface area contributed by atoms with Crippen LogP contribution in [0.25, 0.3) is 0 Å². The van der Waals surface area contributed by atoms with E-state index in [4.69, 9.17) is 4.74 Å². The molecule has 0 N–H and O–H groups in total. The molecular formula is C23H33N3O2. The number of piperidine rings is 1. The topological polar surface area (TPSA) is 47.4 Å². The third-order valence-corrected chi connectivity index (χ3v) is 5.86. The molecular weight excluding hydrogens is 350 g/mol. The molecule has 152 valence electrons. The zero-order chi connectivity index (χ0) is 20.3. The summed E-state index contributed by atoms with van der Waals surface area (Å²) in [5, 5.41) is 4.52. The number of nitrogens with zero attached hydrogens (tertiary/aromatic N) is 3. The second-order valence-corrected chi connectivity index (χ2v) is 8.06. The Bertz CT molecular complexity index is 817. The van der Waals surface area contributed by atoms with Gasteiger partial charge in [-0.2, -0.15) is 5.10 Å².